The van der Waals surface area contributed by atoms with Crippen molar-refractivity contribution < 1.29 is 33.3 Å². The van der Waals surface area contributed by atoms with Crippen LogP contribution in [0.25, 0.3) is 5.76 Å². The van der Waals surface area contributed by atoms with Crippen molar-refractivity contribution in [2.45, 2.75) is 26.0 Å². The molecule has 0 spiro atoms. The van der Waals surface area contributed by atoms with Crippen molar-refractivity contribution in [3.8, 4) is 11.5 Å². The van der Waals surface area contributed by atoms with Gasteiger partial charge in [-0.2, -0.15) is 0 Å². The zero-order valence-electron chi connectivity index (χ0n) is 18.3. The van der Waals surface area contributed by atoms with Crippen LogP contribution < -0.4 is 9.64 Å². The summed E-state index contributed by atoms with van der Waals surface area (Å²) < 4.78 is 34.3. The first-order valence-electron chi connectivity index (χ1n) is 10.5. The first kappa shape index (κ1) is 23.0. The smallest absolute Gasteiger partial charge is 0.300 e. The SMILES string of the molecule is CC(C)Oc1cccc(/C(O)=C2\C(=O)C(=O)N(c3cc(F)ccc3F)C2c2cccc(O)c2)c1. The molecule has 0 aromatic heterocycles. The lowest BCUT2D eigenvalue weighted by Gasteiger charge is -2.26. The number of carbonyl (C=O) groups excluding carboxylic acids is 2. The van der Waals surface area contributed by atoms with Crippen LogP contribution in [0.2, 0.25) is 0 Å². The molecule has 6 nitrogen and oxygen atoms in total. The number of rotatable bonds is 5. The van der Waals surface area contributed by atoms with E-state index in [0.717, 1.165) is 23.1 Å². The summed E-state index contributed by atoms with van der Waals surface area (Å²) >= 11 is 0. The third-order valence-corrected chi connectivity index (χ3v) is 5.28. The third-order valence-electron chi connectivity index (χ3n) is 5.28. The molecule has 1 aliphatic rings. The summed E-state index contributed by atoms with van der Waals surface area (Å²) in [6.45, 7) is 3.65. The predicted octanol–water partition coefficient (Wildman–Crippen LogP) is 5.08. The highest BCUT2D eigenvalue weighted by Gasteiger charge is 2.48. The fourth-order valence-electron chi connectivity index (χ4n) is 3.91. The number of nitrogens with zero attached hydrogens (tertiary/aromatic N) is 1. The molecule has 2 N–H and O–H groups in total. The van der Waals surface area contributed by atoms with E-state index in [0.29, 0.717) is 5.75 Å². The fraction of sp³-hybridized carbons (Fsp3) is 0.154. The highest BCUT2D eigenvalue weighted by molar-refractivity contribution is 6.51. The van der Waals surface area contributed by atoms with Crippen LogP contribution in [-0.2, 0) is 9.59 Å². The number of benzene rings is 3. The van der Waals surface area contributed by atoms with E-state index in [2.05, 4.69) is 0 Å². The molecule has 1 saturated heterocycles. The second-order valence-corrected chi connectivity index (χ2v) is 8.05. The average Bonchev–Trinajstić information content (AvgIpc) is 3.05. The summed E-state index contributed by atoms with van der Waals surface area (Å²) in [5.74, 6) is -4.22. The number of ether oxygens (including phenoxy) is 1. The highest BCUT2D eigenvalue weighted by Crippen LogP contribution is 2.43. The summed E-state index contributed by atoms with van der Waals surface area (Å²) in [7, 11) is 0. The maximum Gasteiger partial charge on any atom is 0.300 e. The van der Waals surface area contributed by atoms with Gasteiger partial charge in [0.1, 0.15) is 28.9 Å². The molecule has 1 heterocycles. The molecular weight excluding hydrogens is 444 g/mol. The minimum Gasteiger partial charge on any atom is -0.508 e. The molecule has 3 aromatic rings. The first-order valence-corrected chi connectivity index (χ1v) is 10.5. The Balaban J connectivity index is 1.95. The molecule has 4 rings (SSSR count). The van der Waals surface area contributed by atoms with Crippen LogP contribution >= 0.6 is 0 Å². The van der Waals surface area contributed by atoms with Crippen molar-refractivity contribution in [1.29, 1.82) is 0 Å². The fourth-order valence-corrected chi connectivity index (χ4v) is 3.91. The Bertz CT molecular complexity index is 1320. The van der Waals surface area contributed by atoms with E-state index in [1.165, 1.54) is 36.4 Å². The number of phenols is 1. The summed E-state index contributed by atoms with van der Waals surface area (Å²) in [4.78, 5) is 27.0. The highest BCUT2D eigenvalue weighted by atomic mass is 19.1. The van der Waals surface area contributed by atoms with Gasteiger partial charge in [0.15, 0.2) is 0 Å². The van der Waals surface area contributed by atoms with E-state index in [4.69, 9.17) is 4.74 Å². The summed E-state index contributed by atoms with van der Waals surface area (Å²) in [5.41, 5.74) is -0.382. The quantitative estimate of drug-likeness (QED) is 0.312. The van der Waals surface area contributed by atoms with Gasteiger partial charge in [-0.15, -0.1) is 0 Å². The van der Waals surface area contributed by atoms with Gasteiger partial charge in [-0.1, -0.05) is 24.3 Å². The van der Waals surface area contributed by atoms with Crippen LogP contribution in [-0.4, -0.2) is 28.0 Å². The van der Waals surface area contributed by atoms with E-state index >= 15 is 0 Å². The number of halogens is 2. The van der Waals surface area contributed by atoms with Gasteiger partial charge in [0.2, 0.25) is 0 Å². The molecule has 1 atom stereocenters. The van der Waals surface area contributed by atoms with Crippen LogP contribution in [0.3, 0.4) is 0 Å². The first-order chi connectivity index (χ1) is 16.2. The number of hydrogen-bond acceptors (Lipinski definition) is 5. The summed E-state index contributed by atoms with van der Waals surface area (Å²) in [6.07, 6.45) is -0.147. The number of amides is 1. The summed E-state index contributed by atoms with van der Waals surface area (Å²) in [6, 6.07) is 13.2. The Kier molecular flexibility index (Phi) is 6.06. The number of carbonyl (C=O) groups is 2. The average molecular weight is 465 g/mol. The van der Waals surface area contributed by atoms with Gasteiger partial charge in [-0.3, -0.25) is 14.5 Å². The zero-order chi connectivity index (χ0) is 24.6. The standard InChI is InChI=1S/C26H21F2NO5/c1-14(2)34-19-8-4-6-16(12-19)24(31)22-23(15-5-3-7-18(30)11-15)29(26(33)25(22)32)21-13-17(27)9-10-20(21)28/h3-14,23,30-31H,1-2H3/b24-22+. The predicted molar refractivity (Wildman–Crippen MR) is 121 cm³/mol. The maximum absolute atomic E-state index is 14.7. The number of Topliss-reactive ketones (excluding diaryl/α,β-unsaturated/α-hetero) is 1. The molecule has 1 fully saturated rings. The lowest BCUT2D eigenvalue weighted by atomic mass is 9.95. The van der Waals surface area contributed by atoms with Gasteiger partial charge in [0.05, 0.1) is 23.4 Å². The molecule has 0 aliphatic carbocycles. The minimum absolute atomic E-state index is 0.147. The Labute approximate surface area is 194 Å². The normalized spacial score (nSPS) is 17.4. The second-order valence-electron chi connectivity index (χ2n) is 8.05. The molecule has 0 bridgehead atoms. The monoisotopic (exact) mass is 465 g/mol. The number of aromatic hydroxyl groups is 1. The van der Waals surface area contributed by atoms with Crippen molar-refractivity contribution >= 4 is 23.1 Å². The van der Waals surface area contributed by atoms with Gasteiger partial charge in [-0.05, 0) is 55.8 Å². The molecule has 174 valence electrons. The van der Waals surface area contributed by atoms with Gasteiger partial charge < -0.3 is 14.9 Å². The van der Waals surface area contributed by atoms with Crippen molar-refractivity contribution in [3.05, 3.63) is 95.1 Å². The van der Waals surface area contributed by atoms with Crippen LogP contribution in [0, 0.1) is 11.6 Å². The van der Waals surface area contributed by atoms with Crippen molar-refractivity contribution in [2.75, 3.05) is 4.90 Å². The van der Waals surface area contributed by atoms with E-state index in [1.807, 2.05) is 13.8 Å². The topological polar surface area (TPSA) is 87.1 Å². The van der Waals surface area contributed by atoms with E-state index in [-0.39, 0.29) is 28.6 Å². The van der Waals surface area contributed by atoms with Crippen molar-refractivity contribution in [1.82, 2.24) is 0 Å². The molecule has 1 aliphatic heterocycles. The third kappa shape index (κ3) is 4.22. The number of ketones is 1. The molecule has 0 saturated carbocycles. The Hall–Kier alpha value is -4.20. The largest absolute Gasteiger partial charge is 0.508 e. The number of aliphatic hydroxyl groups is 1. The summed E-state index contributed by atoms with van der Waals surface area (Å²) in [5, 5.41) is 21.2. The molecule has 1 unspecified atom stereocenters. The minimum atomic E-state index is -1.32. The number of hydrogen-bond donors (Lipinski definition) is 2. The van der Waals surface area contributed by atoms with E-state index in [1.54, 1.807) is 12.1 Å². The molecule has 8 heteroatoms. The molecule has 0 radical (unpaired) electrons. The Morgan fingerprint density at radius 1 is 1.00 bits per heavy atom. The lowest BCUT2D eigenvalue weighted by Crippen LogP contribution is -2.30. The van der Waals surface area contributed by atoms with Gasteiger partial charge in [0.25, 0.3) is 11.7 Å². The molecule has 1 amide bonds. The van der Waals surface area contributed by atoms with Crippen molar-refractivity contribution in [3.63, 3.8) is 0 Å². The van der Waals surface area contributed by atoms with Gasteiger partial charge in [-0.25, -0.2) is 8.78 Å². The van der Waals surface area contributed by atoms with Crippen LogP contribution in [0.4, 0.5) is 14.5 Å². The molecular formula is C26H21F2NO5. The number of phenolic OH excluding ortho intramolecular Hbond substituents is 1. The maximum atomic E-state index is 14.7. The van der Waals surface area contributed by atoms with Crippen LogP contribution in [0.5, 0.6) is 11.5 Å². The van der Waals surface area contributed by atoms with Crippen LogP contribution in [0.1, 0.15) is 31.0 Å². The number of anilines is 1. The van der Waals surface area contributed by atoms with E-state index < -0.39 is 40.8 Å². The lowest BCUT2D eigenvalue weighted by molar-refractivity contribution is -0.132. The van der Waals surface area contributed by atoms with Gasteiger partial charge >= 0.3 is 0 Å². The molecule has 34 heavy (non-hydrogen) atoms. The van der Waals surface area contributed by atoms with Gasteiger partial charge in [0, 0.05) is 11.6 Å². The zero-order valence-corrected chi connectivity index (χ0v) is 18.3. The second kappa shape index (κ2) is 8.97. The van der Waals surface area contributed by atoms with E-state index in [9.17, 15) is 28.6 Å². The molecule has 3 aromatic carbocycles. The van der Waals surface area contributed by atoms with Crippen LogP contribution in [0.15, 0.2) is 72.3 Å². The Morgan fingerprint density at radius 3 is 2.44 bits per heavy atom. The number of aliphatic hydroxyl groups excluding tert-OH is 1. The van der Waals surface area contributed by atoms with Crippen molar-refractivity contribution in [2.24, 2.45) is 0 Å². The Morgan fingerprint density at radius 2 is 1.74 bits per heavy atom.